The monoisotopic (exact) mass is 282 g/mol. The first-order valence-corrected chi connectivity index (χ1v) is 7.91. The second kappa shape index (κ2) is 5.19. The molecule has 2 aromatic rings. The van der Waals surface area contributed by atoms with Crippen molar-refractivity contribution in [2.75, 3.05) is 43.4 Å². The number of nitrogens with two attached hydrogens (primary N) is 1. The number of rotatable bonds is 3. The van der Waals surface area contributed by atoms with E-state index in [4.69, 9.17) is 5.73 Å². The number of hydrogen-bond donors (Lipinski definition) is 1. The minimum Gasteiger partial charge on any atom is -0.397 e. The minimum atomic E-state index is 0.894. The Labute approximate surface area is 125 Å². The molecule has 0 amide bonds. The minimum absolute atomic E-state index is 0.894. The summed E-state index contributed by atoms with van der Waals surface area (Å²) in [5.74, 6) is 0.981. The van der Waals surface area contributed by atoms with Crippen LogP contribution in [0.1, 0.15) is 12.8 Å². The first kappa shape index (κ1) is 12.9. The average Bonchev–Trinajstić information content (AvgIpc) is 3.33. The van der Waals surface area contributed by atoms with Crippen LogP contribution in [-0.4, -0.2) is 42.6 Å². The third-order valence-electron chi connectivity index (χ3n) is 4.77. The quantitative estimate of drug-likeness (QED) is 0.878. The lowest BCUT2D eigenvalue weighted by Gasteiger charge is -2.36. The molecule has 1 aliphatic heterocycles. The molecule has 2 aliphatic rings. The molecule has 1 aliphatic carbocycles. The maximum atomic E-state index is 6.39. The number of piperazine rings is 1. The van der Waals surface area contributed by atoms with Crippen molar-refractivity contribution in [3.05, 3.63) is 30.6 Å². The van der Waals surface area contributed by atoms with Crippen LogP contribution >= 0.6 is 0 Å². The number of pyridine rings is 1. The number of hydrogen-bond acceptors (Lipinski definition) is 4. The van der Waals surface area contributed by atoms with Crippen molar-refractivity contribution in [3.63, 3.8) is 0 Å². The van der Waals surface area contributed by atoms with Crippen LogP contribution in [0.4, 0.5) is 11.4 Å². The van der Waals surface area contributed by atoms with Crippen LogP contribution in [0.15, 0.2) is 30.6 Å². The number of benzene rings is 1. The number of aromatic nitrogens is 1. The van der Waals surface area contributed by atoms with Crippen LogP contribution in [0, 0.1) is 5.92 Å². The van der Waals surface area contributed by atoms with E-state index in [2.05, 4.69) is 26.9 Å². The molecule has 0 atom stereocenters. The summed E-state index contributed by atoms with van der Waals surface area (Å²) in [6.07, 6.45) is 6.57. The fourth-order valence-corrected chi connectivity index (χ4v) is 3.29. The highest BCUT2D eigenvalue weighted by Gasteiger charge is 2.26. The Morgan fingerprint density at radius 2 is 1.90 bits per heavy atom. The lowest BCUT2D eigenvalue weighted by molar-refractivity contribution is 0.248. The number of nitrogen functional groups attached to an aromatic ring is 1. The van der Waals surface area contributed by atoms with Crippen LogP contribution in [-0.2, 0) is 0 Å². The van der Waals surface area contributed by atoms with Crippen LogP contribution in [0.5, 0.6) is 0 Å². The summed E-state index contributed by atoms with van der Waals surface area (Å²) in [5, 5.41) is 2.23. The molecule has 0 radical (unpaired) electrons. The lowest BCUT2D eigenvalue weighted by atomic mass is 10.1. The van der Waals surface area contributed by atoms with Gasteiger partial charge >= 0.3 is 0 Å². The third-order valence-corrected chi connectivity index (χ3v) is 4.77. The highest BCUT2D eigenvalue weighted by molar-refractivity contribution is 5.98. The Hall–Kier alpha value is -1.81. The van der Waals surface area contributed by atoms with E-state index in [1.54, 1.807) is 0 Å². The molecule has 2 N–H and O–H groups in total. The van der Waals surface area contributed by atoms with Gasteiger partial charge in [0.1, 0.15) is 0 Å². The summed E-state index contributed by atoms with van der Waals surface area (Å²) in [5.41, 5.74) is 8.47. The van der Waals surface area contributed by atoms with E-state index >= 15 is 0 Å². The molecule has 0 unspecified atom stereocenters. The molecule has 1 aromatic carbocycles. The van der Waals surface area contributed by atoms with E-state index in [1.807, 2.05) is 18.5 Å². The van der Waals surface area contributed by atoms with Crippen molar-refractivity contribution < 1.29 is 0 Å². The van der Waals surface area contributed by atoms with Crippen LogP contribution < -0.4 is 10.6 Å². The van der Waals surface area contributed by atoms with Gasteiger partial charge in [0.15, 0.2) is 0 Å². The van der Waals surface area contributed by atoms with Gasteiger partial charge in [-0.2, -0.15) is 0 Å². The fourth-order valence-electron chi connectivity index (χ4n) is 3.29. The number of nitrogens with zero attached hydrogens (tertiary/aromatic N) is 3. The molecule has 4 nitrogen and oxygen atoms in total. The lowest BCUT2D eigenvalue weighted by Crippen LogP contribution is -2.47. The summed E-state index contributed by atoms with van der Waals surface area (Å²) >= 11 is 0. The topological polar surface area (TPSA) is 45.4 Å². The molecule has 4 rings (SSSR count). The normalized spacial score (nSPS) is 20.1. The maximum absolute atomic E-state index is 6.39. The Morgan fingerprint density at radius 3 is 2.67 bits per heavy atom. The third kappa shape index (κ3) is 2.56. The zero-order chi connectivity index (χ0) is 14.2. The highest BCUT2D eigenvalue weighted by atomic mass is 15.3. The fraction of sp³-hybridized carbons (Fsp3) is 0.471. The van der Waals surface area contributed by atoms with Crippen molar-refractivity contribution in [2.45, 2.75) is 12.8 Å². The second-order valence-electron chi connectivity index (χ2n) is 6.33. The number of anilines is 2. The van der Waals surface area contributed by atoms with Crippen molar-refractivity contribution in [1.29, 1.82) is 0 Å². The summed E-state index contributed by atoms with van der Waals surface area (Å²) in [6.45, 7) is 5.77. The van der Waals surface area contributed by atoms with Gasteiger partial charge in [-0.1, -0.05) is 6.07 Å². The first-order valence-electron chi connectivity index (χ1n) is 7.91. The van der Waals surface area contributed by atoms with Crippen molar-refractivity contribution in [1.82, 2.24) is 9.88 Å². The Balaban J connectivity index is 1.52. The van der Waals surface area contributed by atoms with Gasteiger partial charge in [0.25, 0.3) is 0 Å². The molecule has 0 bridgehead atoms. The zero-order valence-electron chi connectivity index (χ0n) is 12.3. The maximum Gasteiger partial charge on any atom is 0.0632 e. The Bertz CT molecular complexity index is 642. The largest absolute Gasteiger partial charge is 0.397 e. The highest BCUT2D eigenvalue weighted by Crippen LogP contribution is 2.33. The predicted molar refractivity (Wildman–Crippen MR) is 87.5 cm³/mol. The molecule has 4 heteroatoms. The molecule has 1 aromatic heterocycles. The first-order chi connectivity index (χ1) is 10.3. The molecular weight excluding hydrogens is 260 g/mol. The average molecular weight is 282 g/mol. The van der Waals surface area contributed by atoms with Gasteiger partial charge in [0, 0.05) is 55.9 Å². The van der Waals surface area contributed by atoms with E-state index in [-0.39, 0.29) is 0 Å². The molecule has 1 saturated heterocycles. The van der Waals surface area contributed by atoms with Crippen molar-refractivity contribution in [2.24, 2.45) is 5.92 Å². The van der Waals surface area contributed by atoms with Crippen molar-refractivity contribution in [3.8, 4) is 0 Å². The van der Waals surface area contributed by atoms with Crippen molar-refractivity contribution >= 4 is 22.1 Å². The molecule has 1 saturated carbocycles. The number of fused-ring (bicyclic) bond motifs is 1. The second-order valence-corrected chi connectivity index (χ2v) is 6.33. The van der Waals surface area contributed by atoms with E-state index < -0.39 is 0 Å². The van der Waals surface area contributed by atoms with Gasteiger partial charge < -0.3 is 10.6 Å². The van der Waals surface area contributed by atoms with Gasteiger partial charge in [-0.3, -0.25) is 9.88 Å². The molecule has 2 heterocycles. The van der Waals surface area contributed by atoms with Gasteiger partial charge in [-0.05, 0) is 30.9 Å². The van der Waals surface area contributed by atoms with Gasteiger partial charge in [0.05, 0.1) is 11.4 Å². The Morgan fingerprint density at radius 1 is 1.10 bits per heavy atom. The summed E-state index contributed by atoms with van der Waals surface area (Å²) in [7, 11) is 0. The smallest absolute Gasteiger partial charge is 0.0632 e. The standard InChI is InChI=1S/C17H22N4/c18-17-15-5-6-19-11-14(15)3-4-16(17)21-9-7-20(8-10-21)12-13-1-2-13/h3-6,11,13H,1-2,7-10,12,18H2. The summed E-state index contributed by atoms with van der Waals surface area (Å²) < 4.78 is 0. The van der Waals surface area contributed by atoms with E-state index in [0.717, 1.165) is 48.6 Å². The van der Waals surface area contributed by atoms with Gasteiger partial charge in [-0.25, -0.2) is 0 Å². The molecule has 21 heavy (non-hydrogen) atoms. The molecule has 110 valence electrons. The van der Waals surface area contributed by atoms with E-state index in [1.165, 1.54) is 25.1 Å². The van der Waals surface area contributed by atoms with Gasteiger partial charge in [-0.15, -0.1) is 0 Å². The van der Waals surface area contributed by atoms with E-state index in [9.17, 15) is 0 Å². The van der Waals surface area contributed by atoms with E-state index in [0.29, 0.717) is 0 Å². The molecule has 2 fully saturated rings. The van der Waals surface area contributed by atoms with Crippen LogP contribution in [0.3, 0.4) is 0 Å². The zero-order valence-corrected chi connectivity index (χ0v) is 12.3. The van der Waals surface area contributed by atoms with Crippen LogP contribution in [0.2, 0.25) is 0 Å². The summed E-state index contributed by atoms with van der Waals surface area (Å²) in [6, 6.07) is 6.29. The Kier molecular flexibility index (Phi) is 3.19. The predicted octanol–water partition coefficient (Wildman–Crippen LogP) is 2.35. The summed E-state index contributed by atoms with van der Waals surface area (Å²) in [4.78, 5) is 9.20. The van der Waals surface area contributed by atoms with Crippen LogP contribution in [0.25, 0.3) is 10.8 Å². The SMILES string of the molecule is Nc1c(N2CCN(CC3CC3)CC2)ccc2cnccc12. The molecular formula is C17H22N4. The molecule has 0 spiro atoms. The van der Waals surface area contributed by atoms with Gasteiger partial charge in [0.2, 0.25) is 0 Å².